The SMILES string of the molecule is Cn1cc(Cc2ccc(F)c(OC(F)F)c2)nn1. The molecule has 0 radical (unpaired) electrons. The van der Waals surface area contributed by atoms with Crippen LogP contribution in [0.1, 0.15) is 11.3 Å². The number of halogens is 3. The van der Waals surface area contributed by atoms with Gasteiger partial charge in [-0.05, 0) is 17.7 Å². The molecule has 1 aromatic heterocycles. The van der Waals surface area contributed by atoms with Crippen LogP contribution in [0, 0.1) is 5.82 Å². The van der Waals surface area contributed by atoms with Crippen LogP contribution >= 0.6 is 0 Å². The Morgan fingerprint density at radius 1 is 1.39 bits per heavy atom. The zero-order valence-electron chi connectivity index (χ0n) is 9.48. The Bertz CT molecular complexity index is 542. The molecular formula is C11H10F3N3O. The van der Waals surface area contributed by atoms with Gasteiger partial charge in [0.15, 0.2) is 11.6 Å². The first-order valence-corrected chi connectivity index (χ1v) is 5.13. The van der Waals surface area contributed by atoms with E-state index in [1.807, 2.05) is 0 Å². The summed E-state index contributed by atoms with van der Waals surface area (Å²) in [5.74, 6) is -1.29. The van der Waals surface area contributed by atoms with Gasteiger partial charge in [-0.1, -0.05) is 11.3 Å². The number of rotatable bonds is 4. The summed E-state index contributed by atoms with van der Waals surface area (Å²) in [4.78, 5) is 0. The van der Waals surface area contributed by atoms with Crippen LogP contribution in [0.2, 0.25) is 0 Å². The monoisotopic (exact) mass is 257 g/mol. The average molecular weight is 257 g/mol. The molecule has 0 fully saturated rings. The maximum Gasteiger partial charge on any atom is 0.387 e. The Balaban J connectivity index is 2.18. The molecule has 7 heteroatoms. The van der Waals surface area contributed by atoms with E-state index >= 15 is 0 Å². The molecule has 2 rings (SSSR count). The van der Waals surface area contributed by atoms with Gasteiger partial charge in [-0.2, -0.15) is 8.78 Å². The molecule has 96 valence electrons. The Kier molecular flexibility index (Phi) is 3.50. The third kappa shape index (κ3) is 2.99. The van der Waals surface area contributed by atoms with Crippen LogP contribution in [0.5, 0.6) is 5.75 Å². The average Bonchev–Trinajstić information content (AvgIpc) is 2.68. The van der Waals surface area contributed by atoms with E-state index in [2.05, 4.69) is 15.0 Å². The summed E-state index contributed by atoms with van der Waals surface area (Å²) in [6.07, 6.45) is 2.06. The van der Waals surface area contributed by atoms with Crippen LogP contribution in [0.3, 0.4) is 0 Å². The van der Waals surface area contributed by atoms with Gasteiger partial charge in [-0.3, -0.25) is 4.68 Å². The van der Waals surface area contributed by atoms with Crippen LogP contribution in [0.4, 0.5) is 13.2 Å². The number of hydrogen-bond donors (Lipinski definition) is 0. The normalized spacial score (nSPS) is 10.9. The smallest absolute Gasteiger partial charge is 0.387 e. The number of ether oxygens (including phenoxy) is 1. The molecule has 0 aliphatic rings. The lowest BCUT2D eigenvalue weighted by Gasteiger charge is -2.07. The van der Waals surface area contributed by atoms with Gasteiger partial charge >= 0.3 is 6.61 Å². The zero-order valence-corrected chi connectivity index (χ0v) is 9.48. The number of hydrogen-bond acceptors (Lipinski definition) is 3. The fourth-order valence-electron chi connectivity index (χ4n) is 1.53. The maximum atomic E-state index is 13.2. The molecule has 0 amide bonds. The minimum Gasteiger partial charge on any atom is -0.432 e. The van der Waals surface area contributed by atoms with Gasteiger partial charge in [0.25, 0.3) is 0 Å². The first-order valence-electron chi connectivity index (χ1n) is 5.13. The van der Waals surface area contributed by atoms with E-state index < -0.39 is 18.2 Å². The van der Waals surface area contributed by atoms with Gasteiger partial charge in [0.1, 0.15) is 0 Å². The van der Waals surface area contributed by atoms with Crippen molar-refractivity contribution in [1.82, 2.24) is 15.0 Å². The lowest BCUT2D eigenvalue weighted by Crippen LogP contribution is -2.04. The third-order valence-electron chi connectivity index (χ3n) is 2.25. The number of aryl methyl sites for hydroxylation is 1. The highest BCUT2D eigenvalue weighted by Crippen LogP contribution is 2.22. The van der Waals surface area contributed by atoms with Gasteiger partial charge in [0, 0.05) is 19.7 Å². The van der Waals surface area contributed by atoms with Crippen molar-refractivity contribution in [3.05, 3.63) is 41.5 Å². The highest BCUT2D eigenvalue weighted by atomic mass is 19.3. The highest BCUT2D eigenvalue weighted by Gasteiger charge is 2.11. The second-order valence-electron chi connectivity index (χ2n) is 3.70. The topological polar surface area (TPSA) is 39.9 Å². The lowest BCUT2D eigenvalue weighted by atomic mass is 10.1. The summed E-state index contributed by atoms with van der Waals surface area (Å²) in [6, 6.07) is 3.81. The predicted octanol–water partition coefficient (Wildman–Crippen LogP) is 2.15. The second kappa shape index (κ2) is 5.07. The molecule has 0 saturated heterocycles. The number of aromatic nitrogens is 3. The van der Waals surface area contributed by atoms with Crippen molar-refractivity contribution in [2.75, 3.05) is 0 Å². The molecule has 0 bridgehead atoms. The summed E-state index contributed by atoms with van der Waals surface area (Å²) >= 11 is 0. The number of benzene rings is 1. The number of nitrogens with zero attached hydrogens (tertiary/aromatic N) is 3. The predicted molar refractivity (Wildman–Crippen MR) is 56.8 cm³/mol. The van der Waals surface area contributed by atoms with Crippen molar-refractivity contribution in [3.63, 3.8) is 0 Å². The molecule has 1 heterocycles. The van der Waals surface area contributed by atoms with E-state index in [1.54, 1.807) is 13.2 Å². The molecular weight excluding hydrogens is 247 g/mol. The standard InChI is InChI=1S/C11H10F3N3O/c1-17-6-8(15-16-17)4-7-2-3-9(12)10(5-7)18-11(13)14/h2-3,5-6,11H,4H2,1H3. The Morgan fingerprint density at radius 3 is 2.78 bits per heavy atom. The Hall–Kier alpha value is -2.05. The van der Waals surface area contributed by atoms with Crippen molar-refractivity contribution < 1.29 is 17.9 Å². The molecule has 0 saturated carbocycles. The molecule has 0 aliphatic heterocycles. The van der Waals surface area contributed by atoms with E-state index in [-0.39, 0.29) is 0 Å². The van der Waals surface area contributed by atoms with Gasteiger partial charge < -0.3 is 4.74 Å². The fourth-order valence-corrected chi connectivity index (χ4v) is 1.53. The van der Waals surface area contributed by atoms with Crippen molar-refractivity contribution in [3.8, 4) is 5.75 Å². The van der Waals surface area contributed by atoms with E-state index in [0.717, 1.165) is 6.07 Å². The molecule has 18 heavy (non-hydrogen) atoms. The fraction of sp³-hybridized carbons (Fsp3) is 0.273. The summed E-state index contributed by atoms with van der Waals surface area (Å²) in [5, 5.41) is 7.60. The quantitative estimate of drug-likeness (QED) is 0.842. The highest BCUT2D eigenvalue weighted by molar-refractivity contribution is 5.32. The van der Waals surface area contributed by atoms with E-state index in [9.17, 15) is 13.2 Å². The zero-order chi connectivity index (χ0) is 13.1. The summed E-state index contributed by atoms with van der Waals surface area (Å²) in [5.41, 5.74) is 1.28. The van der Waals surface area contributed by atoms with Gasteiger partial charge in [0.2, 0.25) is 0 Å². The molecule has 0 aliphatic carbocycles. The summed E-state index contributed by atoms with van der Waals surface area (Å²) in [7, 11) is 1.71. The van der Waals surface area contributed by atoms with E-state index in [0.29, 0.717) is 17.7 Å². The van der Waals surface area contributed by atoms with Gasteiger partial charge in [0.05, 0.1) is 5.69 Å². The van der Waals surface area contributed by atoms with Crippen LogP contribution in [-0.4, -0.2) is 21.6 Å². The van der Waals surface area contributed by atoms with Crippen molar-refractivity contribution in [2.45, 2.75) is 13.0 Å². The Morgan fingerprint density at radius 2 is 2.17 bits per heavy atom. The first kappa shape index (κ1) is 12.4. The molecule has 2 aromatic rings. The molecule has 0 spiro atoms. The molecule has 0 atom stereocenters. The second-order valence-corrected chi connectivity index (χ2v) is 3.70. The van der Waals surface area contributed by atoms with Gasteiger partial charge in [-0.25, -0.2) is 4.39 Å². The van der Waals surface area contributed by atoms with Crippen LogP contribution < -0.4 is 4.74 Å². The minimum absolute atomic E-state index is 0.369. The van der Waals surface area contributed by atoms with Crippen LogP contribution in [0.15, 0.2) is 24.4 Å². The van der Waals surface area contributed by atoms with Gasteiger partial charge in [-0.15, -0.1) is 5.10 Å². The van der Waals surface area contributed by atoms with E-state index in [4.69, 9.17) is 0 Å². The number of alkyl halides is 2. The van der Waals surface area contributed by atoms with Crippen molar-refractivity contribution >= 4 is 0 Å². The molecule has 0 N–H and O–H groups in total. The van der Waals surface area contributed by atoms with Crippen LogP contribution in [0.25, 0.3) is 0 Å². The molecule has 1 aromatic carbocycles. The largest absolute Gasteiger partial charge is 0.432 e. The lowest BCUT2D eigenvalue weighted by molar-refractivity contribution is -0.0522. The minimum atomic E-state index is -3.05. The van der Waals surface area contributed by atoms with E-state index in [1.165, 1.54) is 16.8 Å². The van der Waals surface area contributed by atoms with Crippen molar-refractivity contribution in [2.24, 2.45) is 7.05 Å². The Labute approximate surface area is 101 Å². The molecule has 4 nitrogen and oxygen atoms in total. The summed E-state index contributed by atoms with van der Waals surface area (Å²) < 4.78 is 42.9. The third-order valence-corrected chi connectivity index (χ3v) is 2.25. The maximum absolute atomic E-state index is 13.2. The first-order chi connectivity index (χ1) is 8.54. The summed E-state index contributed by atoms with van der Waals surface area (Å²) in [6.45, 7) is -3.05. The van der Waals surface area contributed by atoms with Crippen LogP contribution in [-0.2, 0) is 13.5 Å². The molecule has 0 unspecified atom stereocenters. The van der Waals surface area contributed by atoms with Crippen molar-refractivity contribution in [1.29, 1.82) is 0 Å².